The standard InChI is InChI=1S/C14H8Cl4O/c15-10-6-12(17)14(13(18)7-10)9-1-2-11(16)8(5-9)3-4-19/h1-2,4-7H,3H2. The molecule has 2 rings (SSSR count). The van der Waals surface area contributed by atoms with Crippen molar-refractivity contribution in [3.05, 3.63) is 56.0 Å². The lowest BCUT2D eigenvalue weighted by atomic mass is 10.0. The van der Waals surface area contributed by atoms with Crippen molar-refractivity contribution < 1.29 is 4.79 Å². The van der Waals surface area contributed by atoms with Crippen molar-refractivity contribution in [1.29, 1.82) is 0 Å². The van der Waals surface area contributed by atoms with Crippen LogP contribution in [0.15, 0.2) is 30.3 Å². The maximum atomic E-state index is 10.6. The minimum Gasteiger partial charge on any atom is -0.303 e. The zero-order valence-electron chi connectivity index (χ0n) is 9.59. The summed E-state index contributed by atoms with van der Waals surface area (Å²) in [4.78, 5) is 10.6. The predicted octanol–water partition coefficient (Wildman–Crippen LogP) is 5.71. The molecule has 0 amide bonds. The van der Waals surface area contributed by atoms with E-state index in [1.807, 2.05) is 0 Å². The van der Waals surface area contributed by atoms with Crippen LogP contribution < -0.4 is 0 Å². The normalized spacial score (nSPS) is 10.5. The van der Waals surface area contributed by atoms with Gasteiger partial charge in [0.25, 0.3) is 0 Å². The molecule has 0 fully saturated rings. The van der Waals surface area contributed by atoms with Gasteiger partial charge in [0.2, 0.25) is 0 Å². The Labute approximate surface area is 131 Å². The van der Waals surface area contributed by atoms with E-state index in [0.717, 1.165) is 17.4 Å². The second kappa shape index (κ2) is 6.15. The van der Waals surface area contributed by atoms with E-state index >= 15 is 0 Å². The highest BCUT2D eigenvalue weighted by atomic mass is 35.5. The molecule has 0 aliphatic rings. The number of hydrogen-bond acceptors (Lipinski definition) is 1. The Bertz CT molecular complexity index is 614. The summed E-state index contributed by atoms with van der Waals surface area (Å²) in [5.41, 5.74) is 2.21. The lowest BCUT2D eigenvalue weighted by Crippen LogP contribution is -1.90. The molecule has 0 aromatic heterocycles. The zero-order valence-corrected chi connectivity index (χ0v) is 12.6. The Morgan fingerprint density at radius 1 is 0.895 bits per heavy atom. The predicted molar refractivity (Wildman–Crippen MR) is 81.7 cm³/mol. The molecule has 5 heteroatoms. The molecule has 0 aliphatic heterocycles. The Kier molecular flexibility index (Phi) is 4.75. The van der Waals surface area contributed by atoms with Crippen LogP contribution in [0.4, 0.5) is 0 Å². The molecule has 0 spiro atoms. The molecule has 2 aromatic rings. The minimum absolute atomic E-state index is 0.246. The van der Waals surface area contributed by atoms with Gasteiger partial charge in [0.1, 0.15) is 6.29 Å². The fourth-order valence-electron chi connectivity index (χ4n) is 1.79. The maximum absolute atomic E-state index is 10.6. The molecule has 1 nitrogen and oxygen atoms in total. The molecule has 0 aliphatic carbocycles. The maximum Gasteiger partial charge on any atom is 0.124 e. The molecular formula is C14H8Cl4O. The summed E-state index contributed by atoms with van der Waals surface area (Å²) in [7, 11) is 0. The van der Waals surface area contributed by atoms with Gasteiger partial charge in [-0.25, -0.2) is 0 Å². The number of carbonyl (C=O) groups is 1. The molecule has 0 heterocycles. The first kappa shape index (κ1) is 14.7. The molecule has 0 N–H and O–H groups in total. The van der Waals surface area contributed by atoms with Gasteiger partial charge in [-0.1, -0.05) is 52.5 Å². The van der Waals surface area contributed by atoms with E-state index in [2.05, 4.69) is 0 Å². The van der Waals surface area contributed by atoms with Crippen molar-refractivity contribution in [3.8, 4) is 11.1 Å². The van der Waals surface area contributed by atoms with Crippen LogP contribution in [0.5, 0.6) is 0 Å². The Morgan fingerprint density at radius 3 is 2.11 bits per heavy atom. The highest BCUT2D eigenvalue weighted by Gasteiger charge is 2.12. The largest absolute Gasteiger partial charge is 0.303 e. The van der Waals surface area contributed by atoms with Gasteiger partial charge in [-0.05, 0) is 35.4 Å². The summed E-state index contributed by atoms with van der Waals surface area (Å²) in [6.45, 7) is 0. The van der Waals surface area contributed by atoms with Crippen LogP contribution in [-0.2, 0) is 11.2 Å². The summed E-state index contributed by atoms with van der Waals surface area (Å²) in [6, 6.07) is 8.57. The third kappa shape index (κ3) is 3.24. The summed E-state index contributed by atoms with van der Waals surface area (Å²) in [5.74, 6) is 0. The second-order valence-electron chi connectivity index (χ2n) is 3.92. The van der Waals surface area contributed by atoms with Crippen molar-refractivity contribution in [2.24, 2.45) is 0 Å². The van der Waals surface area contributed by atoms with Crippen LogP contribution in [0.25, 0.3) is 11.1 Å². The average Bonchev–Trinajstić information content (AvgIpc) is 2.32. The smallest absolute Gasteiger partial charge is 0.124 e. The van der Waals surface area contributed by atoms with E-state index < -0.39 is 0 Å². The quantitative estimate of drug-likeness (QED) is 0.657. The van der Waals surface area contributed by atoms with E-state index in [1.165, 1.54) is 0 Å². The minimum atomic E-state index is 0.246. The number of halogens is 4. The van der Waals surface area contributed by atoms with Gasteiger partial charge < -0.3 is 4.79 Å². The molecule has 98 valence electrons. The van der Waals surface area contributed by atoms with Crippen molar-refractivity contribution >= 4 is 52.7 Å². The second-order valence-corrected chi connectivity index (χ2v) is 5.58. The van der Waals surface area contributed by atoms with Crippen molar-refractivity contribution in [2.45, 2.75) is 6.42 Å². The van der Waals surface area contributed by atoms with Crippen LogP contribution in [0, 0.1) is 0 Å². The molecule has 19 heavy (non-hydrogen) atoms. The first-order valence-electron chi connectivity index (χ1n) is 5.40. The van der Waals surface area contributed by atoms with Gasteiger partial charge >= 0.3 is 0 Å². The molecule has 2 aromatic carbocycles. The monoisotopic (exact) mass is 332 g/mol. The first-order chi connectivity index (χ1) is 9.02. The van der Waals surface area contributed by atoms with E-state index in [4.69, 9.17) is 46.4 Å². The van der Waals surface area contributed by atoms with Gasteiger partial charge in [0, 0.05) is 22.0 Å². The summed E-state index contributed by atoms with van der Waals surface area (Å²) in [6.07, 6.45) is 1.05. The lowest BCUT2D eigenvalue weighted by molar-refractivity contribution is -0.107. The Morgan fingerprint density at radius 2 is 1.53 bits per heavy atom. The summed E-state index contributed by atoms with van der Waals surface area (Å²) >= 11 is 24.2. The highest BCUT2D eigenvalue weighted by Crippen LogP contribution is 2.38. The van der Waals surface area contributed by atoms with Gasteiger partial charge in [-0.15, -0.1) is 0 Å². The molecule has 0 atom stereocenters. The number of benzene rings is 2. The van der Waals surface area contributed by atoms with Crippen molar-refractivity contribution in [3.63, 3.8) is 0 Å². The van der Waals surface area contributed by atoms with Gasteiger partial charge in [-0.3, -0.25) is 0 Å². The van der Waals surface area contributed by atoms with Crippen LogP contribution in [-0.4, -0.2) is 6.29 Å². The third-order valence-corrected chi connectivity index (χ3v) is 3.83. The number of hydrogen-bond donors (Lipinski definition) is 0. The first-order valence-corrected chi connectivity index (χ1v) is 6.91. The molecule has 0 bridgehead atoms. The fourth-order valence-corrected chi connectivity index (χ4v) is 3.02. The number of rotatable bonds is 3. The van der Waals surface area contributed by atoms with Crippen LogP contribution in [0.1, 0.15) is 5.56 Å². The van der Waals surface area contributed by atoms with E-state index in [1.54, 1.807) is 30.3 Å². The lowest BCUT2D eigenvalue weighted by Gasteiger charge is -2.10. The summed E-state index contributed by atoms with van der Waals surface area (Å²) in [5, 5.41) is 1.92. The van der Waals surface area contributed by atoms with E-state index in [0.29, 0.717) is 25.7 Å². The number of aldehydes is 1. The van der Waals surface area contributed by atoms with Crippen LogP contribution in [0.3, 0.4) is 0 Å². The topological polar surface area (TPSA) is 17.1 Å². The zero-order chi connectivity index (χ0) is 14.0. The fraction of sp³-hybridized carbons (Fsp3) is 0.0714. The third-order valence-electron chi connectivity index (χ3n) is 2.64. The van der Waals surface area contributed by atoms with Crippen molar-refractivity contribution in [1.82, 2.24) is 0 Å². The Balaban J connectivity index is 2.59. The molecule has 0 saturated heterocycles. The van der Waals surface area contributed by atoms with Gasteiger partial charge in [0.05, 0.1) is 10.0 Å². The van der Waals surface area contributed by atoms with Crippen LogP contribution in [0.2, 0.25) is 20.1 Å². The molecule has 0 saturated carbocycles. The van der Waals surface area contributed by atoms with Gasteiger partial charge in [-0.2, -0.15) is 0 Å². The molecule has 0 radical (unpaired) electrons. The van der Waals surface area contributed by atoms with E-state index in [9.17, 15) is 4.79 Å². The van der Waals surface area contributed by atoms with E-state index in [-0.39, 0.29) is 6.42 Å². The Hall–Kier alpha value is -0.730. The average molecular weight is 334 g/mol. The molecule has 0 unspecified atom stereocenters. The molecular weight excluding hydrogens is 326 g/mol. The van der Waals surface area contributed by atoms with Gasteiger partial charge in [0.15, 0.2) is 0 Å². The number of carbonyl (C=O) groups excluding carboxylic acids is 1. The SMILES string of the molecule is O=CCc1cc(-c2c(Cl)cc(Cl)cc2Cl)ccc1Cl. The van der Waals surface area contributed by atoms with Crippen molar-refractivity contribution in [2.75, 3.05) is 0 Å². The highest BCUT2D eigenvalue weighted by molar-refractivity contribution is 6.41. The summed E-state index contributed by atoms with van der Waals surface area (Å²) < 4.78 is 0. The van der Waals surface area contributed by atoms with Crippen LogP contribution >= 0.6 is 46.4 Å².